The Hall–Kier alpha value is -2.07. The van der Waals surface area contributed by atoms with E-state index in [1.165, 1.54) is 0 Å². The van der Waals surface area contributed by atoms with Gasteiger partial charge in [-0.1, -0.05) is 24.3 Å². The number of para-hydroxylation sites is 1. The Kier molecular flexibility index (Phi) is 5.38. The number of ether oxygens (including phenoxy) is 3. The van der Waals surface area contributed by atoms with Crippen LogP contribution in [0.25, 0.3) is 0 Å². The molecule has 1 aromatic carbocycles. The van der Waals surface area contributed by atoms with E-state index >= 15 is 0 Å². The third kappa shape index (κ3) is 4.90. The molecule has 0 bridgehead atoms. The summed E-state index contributed by atoms with van der Waals surface area (Å²) in [7, 11) is 0. The van der Waals surface area contributed by atoms with Gasteiger partial charge in [0, 0.05) is 12.3 Å². The monoisotopic (exact) mass is 273 g/mol. The Morgan fingerprint density at radius 3 is 2.40 bits per heavy atom. The van der Waals surface area contributed by atoms with E-state index in [0.29, 0.717) is 12.5 Å². The van der Waals surface area contributed by atoms with Crippen molar-refractivity contribution in [3.05, 3.63) is 54.7 Å². The molecular formula is C16H19NO3. The molecule has 2 rings (SSSR count). The molecule has 106 valence electrons. The Morgan fingerprint density at radius 1 is 0.950 bits per heavy atom. The lowest BCUT2D eigenvalue weighted by Crippen LogP contribution is -2.25. The lowest BCUT2D eigenvalue weighted by Gasteiger charge is -2.19. The molecule has 0 saturated heterocycles. The van der Waals surface area contributed by atoms with Crippen molar-refractivity contribution in [3.63, 3.8) is 0 Å². The molecule has 2 atom stereocenters. The highest BCUT2D eigenvalue weighted by molar-refractivity contribution is 5.20. The van der Waals surface area contributed by atoms with Crippen LogP contribution in [-0.4, -0.2) is 24.0 Å². The van der Waals surface area contributed by atoms with E-state index in [9.17, 15) is 0 Å². The van der Waals surface area contributed by atoms with Gasteiger partial charge in [-0.15, -0.1) is 0 Å². The Bertz CT molecular complexity index is 442. The highest BCUT2D eigenvalue weighted by Crippen LogP contribution is 2.12. The molecule has 0 fully saturated rings. The van der Waals surface area contributed by atoms with Crippen molar-refractivity contribution in [2.24, 2.45) is 0 Å². The molecule has 0 amide bonds. The van der Waals surface area contributed by atoms with E-state index < -0.39 is 0 Å². The molecule has 4 heteroatoms. The van der Waals surface area contributed by atoms with Gasteiger partial charge in [-0.2, -0.15) is 0 Å². The van der Waals surface area contributed by atoms with Crippen molar-refractivity contribution in [1.29, 1.82) is 0 Å². The molecule has 4 nitrogen and oxygen atoms in total. The van der Waals surface area contributed by atoms with Crippen LogP contribution in [0, 0.1) is 0 Å². The average molecular weight is 273 g/mol. The number of nitrogens with zero attached hydrogens (tertiary/aromatic N) is 1. The summed E-state index contributed by atoms with van der Waals surface area (Å²) in [4.78, 5) is 4.10. The van der Waals surface area contributed by atoms with Gasteiger partial charge in [-0.05, 0) is 32.0 Å². The van der Waals surface area contributed by atoms with Crippen molar-refractivity contribution in [2.45, 2.75) is 26.2 Å². The lowest BCUT2D eigenvalue weighted by atomic mass is 10.3. The van der Waals surface area contributed by atoms with E-state index in [4.69, 9.17) is 14.2 Å². The van der Waals surface area contributed by atoms with Crippen LogP contribution in [0.4, 0.5) is 0 Å². The van der Waals surface area contributed by atoms with Crippen LogP contribution in [-0.2, 0) is 4.74 Å². The summed E-state index contributed by atoms with van der Waals surface area (Å²) in [6.07, 6.45) is 1.28. The first-order valence-electron chi connectivity index (χ1n) is 6.65. The fourth-order valence-corrected chi connectivity index (χ4v) is 1.65. The number of hydrogen-bond donors (Lipinski definition) is 0. The van der Waals surface area contributed by atoms with Gasteiger partial charge in [0.1, 0.15) is 11.9 Å². The third-order valence-electron chi connectivity index (χ3n) is 2.57. The number of rotatable bonds is 7. The van der Waals surface area contributed by atoms with Crippen molar-refractivity contribution in [2.75, 3.05) is 6.61 Å². The second-order valence-corrected chi connectivity index (χ2v) is 4.43. The normalized spacial score (nSPS) is 13.5. The summed E-state index contributed by atoms with van der Waals surface area (Å²) in [5.74, 6) is 1.39. The van der Waals surface area contributed by atoms with Crippen molar-refractivity contribution < 1.29 is 14.2 Å². The van der Waals surface area contributed by atoms with Crippen molar-refractivity contribution >= 4 is 0 Å². The number of hydrogen-bond acceptors (Lipinski definition) is 4. The van der Waals surface area contributed by atoms with Crippen LogP contribution >= 0.6 is 0 Å². The van der Waals surface area contributed by atoms with Crippen LogP contribution < -0.4 is 9.47 Å². The van der Waals surface area contributed by atoms with E-state index in [-0.39, 0.29) is 12.4 Å². The molecule has 20 heavy (non-hydrogen) atoms. The average Bonchev–Trinajstić information content (AvgIpc) is 2.47. The second kappa shape index (κ2) is 7.50. The minimum Gasteiger partial charge on any atom is -0.472 e. The predicted octanol–water partition coefficient (Wildman–Crippen LogP) is 3.29. The minimum atomic E-state index is -0.327. The fourth-order valence-electron chi connectivity index (χ4n) is 1.65. The Morgan fingerprint density at radius 2 is 1.70 bits per heavy atom. The molecule has 2 aromatic rings. The molecule has 0 spiro atoms. The lowest BCUT2D eigenvalue weighted by molar-refractivity contribution is -0.0873. The van der Waals surface area contributed by atoms with E-state index in [1.807, 2.05) is 62.4 Å². The highest BCUT2D eigenvalue weighted by Gasteiger charge is 2.09. The van der Waals surface area contributed by atoms with Gasteiger partial charge < -0.3 is 14.2 Å². The first kappa shape index (κ1) is 14.3. The first-order valence-corrected chi connectivity index (χ1v) is 6.65. The molecule has 1 heterocycles. The smallest absolute Gasteiger partial charge is 0.213 e. The van der Waals surface area contributed by atoms with Crippen LogP contribution in [0.5, 0.6) is 11.6 Å². The van der Waals surface area contributed by atoms with Gasteiger partial charge in [-0.25, -0.2) is 4.98 Å². The molecule has 0 radical (unpaired) electrons. The van der Waals surface area contributed by atoms with Gasteiger partial charge in [0.15, 0.2) is 6.29 Å². The molecule has 0 aliphatic heterocycles. The van der Waals surface area contributed by atoms with Crippen molar-refractivity contribution in [1.82, 2.24) is 4.98 Å². The maximum atomic E-state index is 5.62. The van der Waals surface area contributed by atoms with Gasteiger partial charge in [-0.3, -0.25) is 0 Å². The van der Waals surface area contributed by atoms with Crippen molar-refractivity contribution in [3.8, 4) is 11.6 Å². The zero-order valence-electron chi connectivity index (χ0n) is 11.7. The number of benzene rings is 1. The van der Waals surface area contributed by atoms with Crippen LogP contribution in [0.2, 0.25) is 0 Å². The maximum absolute atomic E-state index is 5.62. The van der Waals surface area contributed by atoms with E-state index in [1.54, 1.807) is 6.20 Å². The molecule has 0 N–H and O–H groups in total. The number of aromatic nitrogens is 1. The summed E-state index contributed by atoms with van der Waals surface area (Å²) in [5.41, 5.74) is 0. The Balaban J connectivity index is 1.71. The quantitative estimate of drug-likeness (QED) is 0.726. The molecular weight excluding hydrogens is 254 g/mol. The predicted molar refractivity (Wildman–Crippen MR) is 76.8 cm³/mol. The van der Waals surface area contributed by atoms with Crippen LogP contribution in [0.15, 0.2) is 54.7 Å². The summed E-state index contributed by atoms with van der Waals surface area (Å²) >= 11 is 0. The van der Waals surface area contributed by atoms with E-state index in [0.717, 1.165) is 5.75 Å². The summed E-state index contributed by atoms with van der Waals surface area (Å²) in [5, 5.41) is 0. The van der Waals surface area contributed by atoms with Crippen LogP contribution in [0.1, 0.15) is 13.8 Å². The van der Waals surface area contributed by atoms with Gasteiger partial charge >= 0.3 is 0 Å². The molecule has 1 aromatic heterocycles. The van der Waals surface area contributed by atoms with Gasteiger partial charge in [0.05, 0.1) is 6.61 Å². The molecule has 2 unspecified atom stereocenters. The zero-order valence-corrected chi connectivity index (χ0v) is 11.7. The number of pyridine rings is 1. The second-order valence-electron chi connectivity index (χ2n) is 4.43. The zero-order chi connectivity index (χ0) is 14.2. The molecule has 0 aliphatic carbocycles. The largest absolute Gasteiger partial charge is 0.472 e. The van der Waals surface area contributed by atoms with Crippen LogP contribution in [0.3, 0.4) is 0 Å². The van der Waals surface area contributed by atoms with Gasteiger partial charge in [0.25, 0.3) is 0 Å². The minimum absolute atomic E-state index is 0.0910. The maximum Gasteiger partial charge on any atom is 0.213 e. The standard InChI is InChI=1S/C16H19NO3/c1-13(19-16-10-6-7-11-17-16)12-18-14(2)20-15-8-4-3-5-9-15/h3-11,13-14H,12H2,1-2H3. The summed E-state index contributed by atoms with van der Waals surface area (Å²) in [6.45, 7) is 4.23. The van der Waals surface area contributed by atoms with Gasteiger partial charge in [0.2, 0.25) is 5.88 Å². The summed E-state index contributed by atoms with van der Waals surface area (Å²) in [6, 6.07) is 15.1. The Labute approximate surface area is 119 Å². The topological polar surface area (TPSA) is 40.6 Å². The molecule has 0 saturated carbocycles. The third-order valence-corrected chi connectivity index (χ3v) is 2.57. The fraction of sp³-hybridized carbons (Fsp3) is 0.312. The van der Waals surface area contributed by atoms with E-state index in [2.05, 4.69) is 4.98 Å². The first-order chi connectivity index (χ1) is 9.74. The molecule has 0 aliphatic rings. The SMILES string of the molecule is CC(COC(C)Oc1ccccc1)Oc1ccccn1. The highest BCUT2D eigenvalue weighted by atomic mass is 16.7. The summed E-state index contributed by atoms with van der Waals surface area (Å²) < 4.78 is 16.8.